The first-order valence-electron chi connectivity index (χ1n) is 8.77. The fourth-order valence-electron chi connectivity index (χ4n) is 4.24. The molecule has 0 aromatic carbocycles. The van der Waals surface area contributed by atoms with Gasteiger partial charge in [0.2, 0.25) is 0 Å². The van der Waals surface area contributed by atoms with Gasteiger partial charge in [-0.15, -0.1) is 11.3 Å². The van der Waals surface area contributed by atoms with Gasteiger partial charge in [-0.25, -0.2) is 0 Å². The predicted octanol–water partition coefficient (Wildman–Crippen LogP) is 3.89. The second-order valence-electron chi connectivity index (χ2n) is 7.04. The molecule has 1 aromatic heterocycles. The molecule has 0 bridgehead atoms. The molecule has 2 aliphatic rings. The van der Waals surface area contributed by atoms with Crippen LogP contribution in [0.5, 0.6) is 0 Å². The van der Waals surface area contributed by atoms with Crippen LogP contribution in [0, 0.1) is 12.8 Å². The van der Waals surface area contributed by atoms with Gasteiger partial charge in [0, 0.05) is 27.9 Å². The number of aryl methyl sites for hydroxylation is 1. The monoisotopic (exact) mass is 306 g/mol. The number of nitrogens with one attached hydrogen (secondary N) is 2. The van der Waals surface area contributed by atoms with Crippen LogP contribution in [0.4, 0.5) is 0 Å². The average molecular weight is 307 g/mol. The minimum Gasteiger partial charge on any atom is -0.314 e. The molecule has 1 aliphatic carbocycles. The van der Waals surface area contributed by atoms with Gasteiger partial charge in [-0.1, -0.05) is 12.8 Å². The molecule has 0 spiro atoms. The van der Waals surface area contributed by atoms with Crippen LogP contribution in [0.2, 0.25) is 0 Å². The average Bonchev–Trinajstić information content (AvgIpc) is 3.09. The predicted molar refractivity (Wildman–Crippen MR) is 92.1 cm³/mol. The summed E-state index contributed by atoms with van der Waals surface area (Å²) in [4.78, 5) is 2.96. The summed E-state index contributed by atoms with van der Waals surface area (Å²) in [5.74, 6) is 0.859. The molecule has 2 nitrogen and oxygen atoms in total. The molecule has 118 valence electrons. The summed E-state index contributed by atoms with van der Waals surface area (Å²) in [5.41, 5.74) is 0. The van der Waals surface area contributed by atoms with E-state index in [4.69, 9.17) is 0 Å². The largest absolute Gasteiger partial charge is 0.314 e. The van der Waals surface area contributed by atoms with Gasteiger partial charge in [0.25, 0.3) is 0 Å². The van der Waals surface area contributed by atoms with Crippen molar-refractivity contribution in [1.82, 2.24) is 10.6 Å². The Morgan fingerprint density at radius 1 is 1.24 bits per heavy atom. The molecule has 2 heterocycles. The van der Waals surface area contributed by atoms with Crippen molar-refractivity contribution in [2.45, 2.75) is 76.9 Å². The number of thiophene rings is 1. The van der Waals surface area contributed by atoms with Crippen LogP contribution in [0.15, 0.2) is 12.1 Å². The van der Waals surface area contributed by atoms with Crippen molar-refractivity contribution in [3.8, 4) is 0 Å². The van der Waals surface area contributed by atoms with E-state index in [1.165, 1.54) is 61.2 Å². The summed E-state index contributed by atoms with van der Waals surface area (Å²) in [6.07, 6.45) is 9.56. The van der Waals surface area contributed by atoms with Crippen molar-refractivity contribution in [1.29, 1.82) is 0 Å². The second-order valence-corrected chi connectivity index (χ2v) is 8.41. The van der Waals surface area contributed by atoms with E-state index in [0.717, 1.165) is 18.0 Å². The van der Waals surface area contributed by atoms with Crippen molar-refractivity contribution in [3.05, 3.63) is 21.9 Å². The molecule has 1 saturated carbocycles. The zero-order valence-electron chi connectivity index (χ0n) is 13.5. The Labute approximate surface area is 133 Å². The van der Waals surface area contributed by atoms with Crippen molar-refractivity contribution in [2.24, 2.45) is 5.92 Å². The van der Waals surface area contributed by atoms with Crippen LogP contribution in [0.3, 0.4) is 0 Å². The quantitative estimate of drug-likeness (QED) is 0.862. The zero-order valence-corrected chi connectivity index (χ0v) is 14.3. The van der Waals surface area contributed by atoms with Crippen LogP contribution < -0.4 is 10.6 Å². The molecular formula is C18H30N2S. The van der Waals surface area contributed by atoms with E-state index in [-0.39, 0.29) is 0 Å². The van der Waals surface area contributed by atoms with E-state index in [9.17, 15) is 0 Å². The molecule has 2 N–H and O–H groups in total. The SMILES string of the molecule is Cc1ccc(CC(C)NC2CCCC2C2CCCCN2)s1. The fraction of sp³-hybridized carbons (Fsp3) is 0.778. The molecule has 21 heavy (non-hydrogen) atoms. The van der Waals surface area contributed by atoms with Crippen molar-refractivity contribution < 1.29 is 0 Å². The van der Waals surface area contributed by atoms with Crippen LogP contribution >= 0.6 is 11.3 Å². The molecule has 4 atom stereocenters. The van der Waals surface area contributed by atoms with Crippen LogP contribution in [0.1, 0.15) is 55.2 Å². The highest BCUT2D eigenvalue weighted by Crippen LogP contribution is 2.32. The summed E-state index contributed by atoms with van der Waals surface area (Å²) in [6, 6.07) is 6.65. The fourth-order valence-corrected chi connectivity index (χ4v) is 5.26. The maximum absolute atomic E-state index is 3.95. The molecule has 1 saturated heterocycles. The Morgan fingerprint density at radius 2 is 2.14 bits per heavy atom. The Kier molecular flexibility index (Phi) is 5.36. The maximum atomic E-state index is 3.95. The van der Waals surface area contributed by atoms with E-state index < -0.39 is 0 Å². The van der Waals surface area contributed by atoms with Crippen LogP contribution in [0.25, 0.3) is 0 Å². The minimum absolute atomic E-state index is 0.595. The molecule has 0 amide bonds. The molecule has 3 heteroatoms. The van der Waals surface area contributed by atoms with E-state index in [0.29, 0.717) is 6.04 Å². The third-order valence-electron chi connectivity index (χ3n) is 5.24. The third-order valence-corrected chi connectivity index (χ3v) is 6.26. The Hall–Kier alpha value is -0.380. The van der Waals surface area contributed by atoms with Gasteiger partial charge in [-0.2, -0.15) is 0 Å². The molecular weight excluding hydrogens is 276 g/mol. The summed E-state index contributed by atoms with van der Waals surface area (Å²) >= 11 is 1.95. The molecule has 2 fully saturated rings. The topological polar surface area (TPSA) is 24.1 Å². The summed E-state index contributed by atoms with van der Waals surface area (Å²) in [5, 5.41) is 7.73. The maximum Gasteiger partial charge on any atom is 0.0113 e. The van der Waals surface area contributed by atoms with Gasteiger partial charge in [-0.3, -0.25) is 0 Å². The van der Waals surface area contributed by atoms with Crippen LogP contribution in [-0.2, 0) is 6.42 Å². The van der Waals surface area contributed by atoms with Crippen molar-refractivity contribution in [3.63, 3.8) is 0 Å². The first-order valence-corrected chi connectivity index (χ1v) is 9.59. The van der Waals surface area contributed by atoms with Gasteiger partial charge in [0.1, 0.15) is 0 Å². The van der Waals surface area contributed by atoms with Gasteiger partial charge in [0.05, 0.1) is 0 Å². The summed E-state index contributed by atoms with van der Waals surface area (Å²) in [7, 11) is 0. The molecule has 1 aliphatic heterocycles. The summed E-state index contributed by atoms with van der Waals surface area (Å²) < 4.78 is 0. The first-order chi connectivity index (χ1) is 10.2. The van der Waals surface area contributed by atoms with Gasteiger partial charge >= 0.3 is 0 Å². The molecule has 0 radical (unpaired) electrons. The second kappa shape index (κ2) is 7.26. The Bertz CT molecular complexity index is 436. The van der Waals surface area contributed by atoms with E-state index >= 15 is 0 Å². The lowest BCUT2D eigenvalue weighted by Gasteiger charge is -2.34. The van der Waals surface area contributed by atoms with Crippen molar-refractivity contribution in [2.75, 3.05) is 6.54 Å². The standard InChI is InChI=1S/C18H30N2S/c1-13(12-15-10-9-14(2)21-15)20-18-8-5-6-16(18)17-7-3-4-11-19-17/h9-10,13,16-20H,3-8,11-12H2,1-2H3. The number of hydrogen-bond acceptors (Lipinski definition) is 3. The van der Waals surface area contributed by atoms with Gasteiger partial charge < -0.3 is 10.6 Å². The van der Waals surface area contributed by atoms with Crippen LogP contribution in [-0.4, -0.2) is 24.7 Å². The highest BCUT2D eigenvalue weighted by molar-refractivity contribution is 7.11. The highest BCUT2D eigenvalue weighted by atomic mass is 32.1. The van der Waals surface area contributed by atoms with Crippen molar-refractivity contribution >= 4 is 11.3 Å². The Morgan fingerprint density at radius 3 is 2.86 bits per heavy atom. The smallest absolute Gasteiger partial charge is 0.0113 e. The lowest BCUT2D eigenvalue weighted by molar-refractivity contribution is 0.248. The molecule has 1 aromatic rings. The normalized spacial score (nSPS) is 31.4. The van der Waals surface area contributed by atoms with E-state index in [1.807, 2.05) is 11.3 Å². The first kappa shape index (κ1) is 15.5. The molecule has 3 rings (SSSR count). The summed E-state index contributed by atoms with van der Waals surface area (Å²) in [6.45, 7) is 5.80. The van der Waals surface area contributed by atoms with Gasteiger partial charge in [-0.05, 0) is 70.5 Å². The van der Waals surface area contributed by atoms with E-state index in [1.54, 1.807) is 0 Å². The van der Waals surface area contributed by atoms with Gasteiger partial charge in [0.15, 0.2) is 0 Å². The Balaban J connectivity index is 1.52. The lowest BCUT2D eigenvalue weighted by Crippen LogP contribution is -2.49. The van der Waals surface area contributed by atoms with E-state index in [2.05, 4.69) is 36.6 Å². The number of rotatable bonds is 5. The number of piperidine rings is 1. The highest BCUT2D eigenvalue weighted by Gasteiger charge is 2.34. The lowest BCUT2D eigenvalue weighted by atomic mass is 9.88. The number of hydrogen-bond donors (Lipinski definition) is 2. The zero-order chi connectivity index (χ0) is 14.7. The minimum atomic E-state index is 0.595. The third kappa shape index (κ3) is 4.08. The molecule has 4 unspecified atom stereocenters.